The molecule has 0 saturated carbocycles. The van der Waals surface area contributed by atoms with Gasteiger partial charge < -0.3 is 0 Å². The first-order valence-corrected chi connectivity index (χ1v) is 10.2. The zero-order valence-electron chi connectivity index (χ0n) is 26.1. The van der Waals surface area contributed by atoms with Crippen molar-refractivity contribution in [3.63, 3.8) is 0 Å². The van der Waals surface area contributed by atoms with Crippen molar-refractivity contribution in [2.24, 2.45) is 7.05 Å². The topological polar surface area (TPSA) is 3.88 Å². The summed E-state index contributed by atoms with van der Waals surface area (Å²) in [6, 6.07) is 18.0. The van der Waals surface area contributed by atoms with E-state index in [0.29, 0.717) is 5.56 Å². The third-order valence-corrected chi connectivity index (χ3v) is 5.50. The molecule has 0 bridgehead atoms. The molecular formula is C29H27F3N+. The lowest BCUT2D eigenvalue weighted by Crippen LogP contribution is -2.30. The van der Waals surface area contributed by atoms with Crippen LogP contribution in [0.1, 0.15) is 33.2 Å². The van der Waals surface area contributed by atoms with Gasteiger partial charge in [0.2, 0.25) is 5.69 Å². The minimum Gasteiger partial charge on any atom is -0.201 e. The predicted molar refractivity (Wildman–Crippen MR) is 128 cm³/mol. The zero-order valence-corrected chi connectivity index (χ0v) is 18.1. The first kappa shape index (κ1) is 14.7. The van der Waals surface area contributed by atoms with Crippen LogP contribution in [0.5, 0.6) is 0 Å². The highest BCUT2D eigenvalue weighted by Crippen LogP contribution is 2.34. The van der Waals surface area contributed by atoms with Crippen molar-refractivity contribution in [1.29, 1.82) is 0 Å². The van der Waals surface area contributed by atoms with Gasteiger partial charge in [0.1, 0.15) is 7.05 Å². The van der Waals surface area contributed by atoms with Crippen LogP contribution in [0.2, 0.25) is 0 Å². The summed E-state index contributed by atoms with van der Waals surface area (Å²) in [5, 5.41) is 0. The lowest BCUT2D eigenvalue weighted by atomic mass is 9.90. The van der Waals surface area contributed by atoms with Crippen molar-refractivity contribution in [2.75, 3.05) is 0 Å². The largest absolute Gasteiger partial charge is 0.393 e. The summed E-state index contributed by atoms with van der Waals surface area (Å²) < 4.78 is 106. The van der Waals surface area contributed by atoms with Gasteiger partial charge in [0.25, 0.3) is 0 Å². The van der Waals surface area contributed by atoms with Gasteiger partial charge in [-0.1, -0.05) is 54.6 Å². The molecule has 0 N–H and O–H groups in total. The zero-order chi connectivity index (χ0) is 30.5. The van der Waals surface area contributed by atoms with Crippen LogP contribution in [0.25, 0.3) is 33.5 Å². The van der Waals surface area contributed by atoms with E-state index in [1.807, 2.05) is 42.8 Å². The summed E-state index contributed by atoms with van der Waals surface area (Å²) >= 11 is 0. The normalized spacial score (nSPS) is 16.4. The molecule has 0 amide bonds. The molecular weight excluding hydrogens is 419 g/mol. The van der Waals surface area contributed by atoms with Crippen molar-refractivity contribution < 1.29 is 28.7 Å². The Labute approximate surface area is 204 Å². The van der Waals surface area contributed by atoms with Crippen molar-refractivity contribution >= 4 is 0 Å². The molecule has 0 atom stereocenters. The first-order chi connectivity index (χ1) is 18.8. The molecule has 33 heavy (non-hydrogen) atoms. The molecule has 1 heterocycles. The Morgan fingerprint density at radius 3 is 2.09 bits per heavy atom. The monoisotopic (exact) mass is 454 g/mol. The Morgan fingerprint density at radius 1 is 0.818 bits per heavy atom. The van der Waals surface area contributed by atoms with Crippen molar-refractivity contribution in [1.82, 2.24) is 0 Å². The van der Waals surface area contributed by atoms with Crippen LogP contribution < -0.4 is 4.57 Å². The summed E-state index contributed by atoms with van der Waals surface area (Å²) in [4.78, 5) is 0. The SMILES string of the molecule is [2H]C([2H])([2H])c1cc(-c2ccc(C([2H])([2H])C(F)(F)F)cc2)cc(C([2H])([2H])[2H])c1-c1cc[n+](C)c(-c2ccccc2C)c1. The van der Waals surface area contributed by atoms with E-state index in [4.69, 9.17) is 11.0 Å². The van der Waals surface area contributed by atoms with E-state index in [9.17, 15) is 13.2 Å². The summed E-state index contributed by atoms with van der Waals surface area (Å²) in [6.45, 7) is -3.54. The Kier molecular flexibility index (Phi) is 3.94. The lowest BCUT2D eigenvalue weighted by molar-refractivity contribution is -0.660. The molecule has 0 aliphatic carbocycles. The third kappa shape index (κ3) is 5.00. The number of benzene rings is 3. The molecule has 0 saturated heterocycles. The fourth-order valence-electron chi connectivity index (χ4n) is 3.88. The highest BCUT2D eigenvalue weighted by Gasteiger charge is 2.27. The van der Waals surface area contributed by atoms with Gasteiger partial charge in [-0.25, -0.2) is 4.57 Å². The quantitative estimate of drug-likeness (QED) is 0.280. The molecule has 0 aliphatic heterocycles. The van der Waals surface area contributed by atoms with Gasteiger partial charge in [0.05, 0.1) is 6.37 Å². The average Bonchev–Trinajstić information content (AvgIpc) is 2.87. The van der Waals surface area contributed by atoms with E-state index in [1.165, 1.54) is 24.3 Å². The number of aromatic nitrogens is 1. The molecule has 0 aliphatic rings. The fraction of sp³-hybridized carbons (Fsp3) is 0.207. The van der Waals surface area contributed by atoms with Gasteiger partial charge in [-0.2, -0.15) is 13.2 Å². The molecule has 0 fully saturated rings. The van der Waals surface area contributed by atoms with Gasteiger partial charge in [0, 0.05) is 28.7 Å². The predicted octanol–water partition coefficient (Wildman–Crippen LogP) is 7.54. The van der Waals surface area contributed by atoms with Crippen LogP contribution in [-0.2, 0) is 13.4 Å². The second-order valence-electron chi connectivity index (χ2n) is 7.87. The molecule has 0 spiro atoms. The number of aryl methyl sites for hydroxylation is 4. The number of hydrogen-bond donors (Lipinski definition) is 0. The number of hydrogen-bond acceptors (Lipinski definition) is 0. The highest BCUT2D eigenvalue weighted by atomic mass is 19.4. The maximum atomic E-state index is 13.2. The second-order valence-corrected chi connectivity index (χ2v) is 7.87. The molecule has 1 aromatic heterocycles. The Hall–Kier alpha value is -3.40. The van der Waals surface area contributed by atoms with Crippen LogP contribution in [0.15, 0.2) is 79.0 Å². The summed E-state index contributed by atoms with van der Waals surface area (Å²) in [6.07, 6.45) is -7.01. The number of pyridine rings is 1. The Bertz CT molecular complexity index is 1550. The summed E-state index contributed by atoms with van der Waals surface area (Å²) in [5.74, 6) is 0. The van der Waals surface area contributed by atoms with Crippen LogP contribution in [0.4, 0.5) is 13.2 Å². The molecule has 168 valence electrons. The number of rotatable bonds is 4. The van der Waals surface area contributed by atoms with Crippen molar-refractivity contribution in [3.05, 3.63) is 101 Å². The van der Waals surface area contributed by atoms with E-state index in [0.717, 1.165) is 29.0 Å². The van der Waals surface area contributed by atoms with Crippen LogP contribution in [0, 0.1) is 20.6 Å². The Balaban J connectivity index is 1.97. The fourth-order valence-corrected chi connectivity index (χ4v) is 3.88. The van der Waals surface area contributed by atoms with Gasteiger partial charge >= 0.3 is 6.18 Å². The number of nitrogens with zero attached hydrogens (tertiary/aromatic N) is 1. The van der Waals surface area contributed by atoms with E-state index in [1.54, 1.807) is 18.3 Å². The smallest absolute Gasteiger partial charge is 0.201 e. The van der Waals surface area contributed by atoms with Gasteiger partial charge in [0.15, 0.2) is 6.20 Å². The summed E-state index contributed by atoms with van der Waals surface area (Å²) in [5.41, 5.74) is 2.37. The van der Waals surface area contributed by atoms with Crippen LogP contribution in [-0.4, -0.2) is 6.18 Å². The van der Waals surface area contributed by atoms with Gasteiger partial charge in [-0.05, 0) is 71.2 Å². The molecule has 0 unspecified atom stereocenters. The summed E-state index contributed by atoms with van der Waals surface area (Å²) in [7, 11) is 1.83. The van der Waals surface area contributed by atoms with E-state index >= 15 is 0 Å². The highest BCUT2D eigenvalue weighted by molar-refractivity contribution is 5.78. The maximum absolute atomic E-state index is 13.2. The van der Waals surface area contributed by atoms with Crippen molar-refractivity contribution in [3.8, 4) is 33.5 Å². The molecule has 0 radical (unpaired) electrons. The number of halogens is 3. The minimum atomic E-state index is -5.14. The molecule has 4 rings (SSSR count). The van der Waals surface area contributed by atoms with Gasteiger partial charge in [-0.3, -0.25) is 0 Å². The van der Waals surface area contributed by atoms with E-state index in [-0.39, 0.29) is 27.8 Å². The third-order valence-electron chi connectivity index (χ3n) is 5.50. The first-order valence-electron chi connectivity index (χ1n) is 14.2. The lowest BCUT2D eigenvalue weighted by Gasteiger charge is -2.14. The molecule has 4 aromatic rings. The molecule has 3 aromatic carbocycles. The second kappa shape index (κ2) is 8.86. The Morgan fingerprint density at radius 2 is 1.48 bits per heavy atom. The average molecular weight is 455 g/mol. The maximum Gasteiger partial charge on any atom is 0.393 e. The molecule has 1 nitrogen and oxygen atoms in total. The van der Waals surface area contributed by atoms with Gasteiger partial charge in [-0.15, -0.1) is 0 Å². The van der Waals surface area contributed by atoms with Crippen LogP contribution in [0.3, 0.4) is 0 Å². The van der Waals surface area contributed by atoms with Crippen LogP contribution >= 0.6 is 0 Å². The number of alkyl halides is 3. The molecule has 4 heteroatoms. The van der Waals surface area contributed by atoms with Crippen molar-refractivity contribution in [2.45, 2.75) is 33.2 Å². The standard InChI is InChI=1S/C29H27F3N/c1-19-7-5-6-8-26(19)27-17-24(13-14-33(27)4)28-20(2)15-25(16-21(28)3)23-11-9-22(10-12-23)18-29(30,31)32/h5-17H,18H2,1-4H3/q+1/i2D3,3D3,18D2. The minimum absolute atomic E-state index is 0.0363. The van der Waals surface area contributed by atoms with E-state index in [2.05, 4.69) is 0 Å². The van der Waals surface area contributed by atoms with E-state index < -0.39 is 31.8 Å².